The number of aromatic nitrogens is 1. The van der Waals surface area contributed by atoms with Gasteiger partial charge >= 0.3 is 5.91 Å². The van der Waals surface area contributed by atoms with Gasteiger partial charge in [-0.05, 0) is 12.8 Å². The molecule has 1 aromatic heterocycles. The van der Waals surface area contributed by atoms with Gasteiger partial charge in [-0.3, -0.25) is 9.63 Å². The summed E-state index contributed by atoms with van der Waals surface area (Å²) in [4.78, 5) is 16.2. The highest BCUT2D eigenvalue weighted by molar-refractivity contribution is 5.90. The lowest BCUT2D eigenvalue weighted by Crippen LogP contribution is -2.25. The molecule has 0 aliphatic heterocycles. The molecule has 1 heterocycles. The van der Waals surface area contributed by atoms with E-state index in [4.69, 9.17) is 9.36 Å². The molecular weight excluding hydrogens is 184 g/mol. The summed E-state index contributed by atoms with van der Waals surface area (Å²) >= 11 is 0. The zero-order valence-corrected chi connectivity index (χ0v) is 8.53. The summed E-state index contributed by atoms with van der Waals surface area (Å²) < 4.78 is 4.74. The van der Waals surface area contributed by atoms with Crippen molar-refractivity contribution in [3.63, 3.8) is 0 Å². The molecule has 0 fully saturated rings. The van der Waals surface area contributed by atoms with E-state index in [0.29, 0.717) is 18.2 Å². The van der Waals surface area contributed by atoms with Crippen LogP contribution in [0, 0.1) is 12.8 Å². The molecule has 78 valence electrons. The minimum absolute atomic E-state index is 0.159. The Morgan fingerprint density at radius 1 is 1.71 bits per heavy atom. The zero-order chi connectivity index (χ0) is 10.6. The van der Waals surface area contributed by atoms with Crippen LogP contribution in [0.4, 0.5) is 0 Å². The average Bonchev–Trinajstić information content (AvgIpc) is 2.51. The first-order chi connectivity index (χ1) is 6.59. The molecule has 14 heavy (non-hydrogen) atoms. The minimum Gasteiger partial charge on any atom is -0.351 e. The summed E-state index contributed by atoms with van der Waals surface area (Å²) in [5.41, 5.74) is 2.94. The number of hydrogen-bond donors (Lipinski definition) is 1. The van der Waals surface area contributed by atoms with E-state index >= 15 is 0 Å². The quantitative estimate of drug-likeness (QED) is 0.740. The highest BCUT2D eigenvalue weighted by atomic mass is 16.7. The van der Waals surface area contributed by atoms with Gasteiger partial charge in [0.25, 0.3) is 0 Å². The van der Waals surface area contributed by atoms with Crippen molar-refractivity contribution in [2.24, 2.45) is 5.92 Å². The maximum Gasteiger partial charge on any atom is 0.313 e. The Morgan fingerprint density at radius 3 is 2.93 bits per heavy atom. The minimum atomic E-state index is -0.411. The molecule has 1 amide bonds. The zero-order valence-electron chi connectivity index (χ0n) is 8.53. The fraction of sp³-hybridized carbons (Fsp3) is 0.556. The van der Waals surface area contributed by atoms with E-state index in [2.05, 4.69) is 10.6 Å². The Morgan fingerprint density at radius 2 is 2.43 bits per heavy atom. The van der Waals surface area contributed by atoms with Gasteiger partial charge in [-0.1, -0.05) is 19.0 Å². The lowest BCUT2D eigenvalue weighted by atomic mass is 10.2. The van der Waals surface area contributed by atoms with Gasteiger partial charge in [0.2, 0.25) is 5.76 Å². The molecule has 1 rings (SSSR count). The van der Waals surface area contributed by atoms with Gasteiger partial charge in [-0.15, -0.1) is 0 Å². The van der Waals surface area contributed by atoms with Crippen LogP contribution < -0.4 is 5.48 Å². The molecule has 0 aliphatic carbocycles. The predicted molar refractivity (Wildman–Crippen MR) is 49.5 cm³/mol. The molecule has 0 aliphatic rings. The van der Waals surface area contributed by atoms with E-state index in [9.17, 15) is 4.79 Å². The molecule has 5 heteroatoms. The van der Waals surface area contributed by atoms with Crippen molar-refractivity contribution in [2.75, 3.05) is 6.61 Å². The molecular formula is C9H14N2O3. The number of rotatable bonds is 4. The normalized spacial score (nSPS) is 10.6. The second-order valence-electron chi connectivity index (χ2n) is 3.47. The molecule has 0 unspecified atom stereocenters. The third kappa shape index (κ3) is 3.18. The summed E-state index contributed by atoms with van der Waals surface area (Å²) in [7, 11) is 0. The molecule has 1 aromatic rings. The Hall–Kier alpha value is -1.36. The van der Waals surface area contributed by atoms with Crippen LogP contribution in [-0.2, 0) is 4.84 Å². The molecule has 0 saturated heterocycles. The van der Waals surface area contributed by atoms with Crippen molar-refractivity contribution >= 4 is 5.91 Å². The number of hydroxylamine groups is 1. The molecule has 0 radical (unpaired) electrons. The maximum atomic E-state index is 11.3. The molecule has 0 bridgehead atoms. The van der Waals surface area contributed by atoms with Crippen molar-refractivity contribution in [1.82, 2.24) is 10.6 Å². The second kappa shape index (κ2) is 4.76. The van der Waals surface area contributed by atoms with Crippen LogP contribution >= 0.6 is 0 Å². The van der Waals surface area contributed by atoms with Gasteiger partial charge in [-0.2, -0.15) is 0 Å². The van der Waals surface area contributed by atoms with E-state index in [1.165, 1.54) is 0 Å². The average molecular weight is 198 g/mol. The maximum absolute atomic E-state index is 11.3. The first kappa shape index (κ1) is 10.7. The standard InChI is InChI=1S/C9H14N2O3/c1-6(2)5-13-11-9(12)8-4-7(3)10-14-8/h4,6H,5H2,1-3H3,(H,11,12). The van der Waals surface area contributed by atoms with Crippen LogP contribution in [0.25, 0.3) is 0 Å². The lowest BCUT2D eigenvalue weighted by molar-refractivity contribution is 0.0183. The van der Waals surface area contributed by atoms with Gasteiger partial charge < -0.3 is 4.52 Å². The summed E-state index contributed by atoms with van der Waals surface area (Å²) in [6.45, 7) is 6.20. The second-order valence-corrected chi connectivity index (χ2v) is 3.47. The van der Waals surface area contributed by atoms with Gasteiger partial charge in [-0.25, -0.2) is 5.48 Å². The monoisotopic (exact) mass is 198 g/mol. The van der Waals surface area contributed by atoms with Crippen LogP contribution in [0.1, 0.15) is 30.1 Å². The first-order valence-corrected chi connectivity index (χ1v) is 4.45. The number of hydrogen-bond acceptors (Lipinski definition) is 4. The third-order valence-electron chi connectivity index (χ3n) is 1.43. The SMILES string of the molecule is Cc1cc(C(=O)NOCC(C)C)on1. The van der Waals surface area contributed by atoms with E-state index in [-0.39, 0.29) is 5.76 Å². The first-order valence-electron chi connectivity index (χ1n) is 4.45. The Bertz CT molecular complexity index is 307. The predicted octanol–water partition coefficient (Wildman–Crippen LogP) is 1.30. The molecule has 0 spiro atoms. The molecule has 1 N–H and O–H groups in total. The number of aryl methyl sites for hydroxylation is 1. The lowest BCUT2D eigenvalue weighted by Gasteiger charge is -2.05. The summed E-state index contributed by atoms with van der Waals surface area (Å²) in [6.07, 6.45) is 0. The fourth-order valence-electron chi connectivity index (χ4n) is 0.795. The van der Waals surface area contributed by atoms with Crippen molar-refractivity contribution in [3.8, 4) is 0 Å². The van der Waals surface area contributed by atoms with Gasteiger partial charge in [0.1, 0.15) is 0 Å². The number of nitrogens with zero attached hydrogens (tertiary/aromatic N) is 1. The molecule has 5 nitrogen and oxygen atoms in total. The Labute approximate surface area is 82.4 Å². The van der Waals surface area contributed by atoms with Crippen molar-refractivity contribution in [2.45, 2.75) is 20.8 Å². The van der Waals surface area contributed by atoms with Gasteiger partial charge in [0, 0.05) is 6.07 Å². The van der Waals surface area contributed by atoms with Gasteiger partial charge in [0.05, 0.1) is 12.3 Å². The highest BCUT2D eigenvalue weighted by Gasteiger charge is 2.11. The summed E-state index contributed by atoms with van der Waals surface area (Å²) in [5, 5.41) is 3.59. The summed E-state index contributed by atoms with van der Waals surface area (Å²) in [5.74, 6) is 0.115. The largest absolute Gasteiger partial charge is 0.351 e. The van der Waals surface area contributed by atoms with Crippen molar-refractivity contribution < 1.29 is 14.2 Å². The topological polar surface area (TPSA) is 64.4 Å². The molecule has 0 aromatic carbocycles. The highest BCUT2D eigenvalue weighted by Crippen LogP contribution is 2.01. The number of carbonyl (C=O) groups excluding carboxylic acids is 1. The van der Waals surface area contributed by atoms with Crippen LogP contribution in [0.15, 0.2) is 10.6 Å². The van der Waals surface area contributed by atoms with Crippen molar-refractivity contribution in [3.05, 3.63) is 17.5 Å². The fourth-order valence-corrected chi connectivity index (χ4v) is 0.795. The summed E-state index contributed by atoms with van der Waals surface area (Å²) in [6, 6.07) is 1.55. The van der Waals surface area contributed by atoms with E-state index in [1.807, 2.05) is 13.8 Å². The van der Waals surface area contributed by atoms with Gasteiger partial charge in [0.15, 0.2) is 0 Å². The van der Waals surface area contributed by atoms with E-state index in [0.717, 1.165) is 0 Å². The number of amides is 1. The van der Waals surface area contributed by atoms with E-state index in [1.54, 1.807) is 13.0 Å². The number of nitrogens with one attached hydrogen (secondary N) is 1. The molecule has 0 atom stereocenters. The Kier molecular flexibility index (Phi) is 3.64. The van der Waals surface area contributed by atoms with E-state index < -0.39 is 5.91 Å². The van der Waals surface area contributed by atoms with Crippen molar-refractivity contribution in [1.29, 1.82) is 0 Å². The smallest absolute Gasteiger partial charge is 0.313 e. The Balaban J connectivity index is 2.36. The number of carbonyl (C=O) groups is 1. The molecule has 0 saturated carbocycles. The third-order valence-corrected chi connectivity index (χ3v) is 1.43. The van der Waals surface area contributed by atoms with Crippen LogP contribution in [0.2, 0.25) is 0 Å². The van der Waals surface area contributed by atoms with Crippen LogP contribution in [-0.4, -0.2) is 17.7 Å². The van der Waals surface area contributed by atoms with Crippen LogP contribution in [0.5, 0.6) is 0 Å². The van der Waals surface area contributed by atoms with Crippen LogP contribution in [0.3, 0.4) is 0 Å².